The summed E-state index contributed by atoms with van der Waals surface area (Å²) in [5, 5.41) is 4.32. The maximum absolute atomic E-state index is 12.9. The normalized spacial score (nSPS) is 14.5. The Morgan fingerprint density at radius 1 is 1.03 bits per heavy atom. The number of hydrogen-bond donors (Lipinski definition) is 1. The third-order valence-electron chi connectivity index (χ3n) is 5.75. The smallest absolute Gasteiger partial charge is 0.341 e. The van der Waals surface area contributed by atoms with Crippen LogP contribution in [0.5, 0.6) is 0 Å². The van der Waals surface area contributed by atoms with Crippen LogP contribution in [0.15, 0.2) is 65.6 Å². The van der Waals surface area contributed by atoms with Gasteiger partial charge in [0.05, 0.1) is 11.5 Å². The average Bonchev–Trinajstić information content (AvgIpc) is 3.20. The van der Waals surface area contributed by atoms with Crippen molar-refractivity contribution in [1.82, 2.24) is 9.21 Å². The zero-order valence-electron chi connectivity index (χ0n) is 19.6. The zero-order chi connectivity index (χ0) is 25.0. The maximum Gasteiger partial charge on any atom is 0.341 e. The molecule has 0 saturated carbocycles. The quantitative estimate of drug-likeness (QED) is 0.369. The molecule has 1 aliphatic heterocycles. The minimum atomic E-state index is -3.54. The van der Waals surface area contributed by atoms with Crippen LogP contribution < -0.4 is 5.32 Å². The molecule has 0 spiro atoms. The van der Waals surface area contributed by atoms with Gasteiger partial charge in [-0.1, -0.05) is 48.5 Å². The van der Waals surface area contributed by atoms with Crippen molar-refractivity contribution in [3.8, 4) is 11.1 Å². The van der Waals surface area contributed by atoms with Gasteiger partial charge in [-0.15, -0.1) is 11.3 Å². The molecule has 10 heteroatoms. The second-order valence-corrected chi connectivity index (χ2v) is 11.5. The van der Waals surface area contributed by atoms with E-state index in [-0.39, 0.29) is 11.5 Å². The Kier molecular flexibility index (Phi) is 7.85. The van der Waals surface area contributed by atoms with E-state index in [2.05, 4.69) is 5.32 Å². The Balaban J connectivity index is 1.51. The summed E-state index contributed by atoms with van der Waals surface area (Å²) in [4.78, 5) is 16.1. The summed E-state index contributed by atoms with van der Waals surface area (Å²) in [7, 11) is -3.54. The van der Waals surface area contributed by atoms with Crippen molar-refractivity contribution < 1.29 is 17.9 Å². The maximum atomic E-state index is 12.9. The molecule has 0 radical (unpaired) electrons. The zero-order valence-corrected chi connectivity index (χ0v) is 22.0. The van der Waals surface area contributed by atoms with Crippen LogP contribution in [-0.4, -0.2) is 61.5 Å². The first-order valence-electron chi connectivity index (χ1n) is 11.3. The number of sulfonamides is 1. The summed E-state index contributed by atoms with van der Waals surface area (Å²) in [6.07, 6.45) is 0. The highest BCUT2D eigenvalue weighted by molar-refractivity contribution is 7.89. The number of benzene rings is 2. The number of nitrogens with one attached hydrogen (secondary N) is 1. The van der Waals surface area contributed by atoms with Gasteiger partial charge in [0.25, 0.3) is 0 Å². The number of thiocarbonyl (C=S) groups is 1. The summed E-state index contributed by atoms with van der Waals surface area (Å²) in [6, 6.07) is 18.2. The van der Waals surface area contributed by atoms with E-state index in [1.54, 1.807) is 37.3 Å². The molecule has 1 saturated heterocycles. The Morgan fingerprint density at radius 2 is 1.63 bits per heavy atom. The van der Waals surface area contributed by atoms with Crippen molar-refractivity contribution in [2.75, 3.05) is 38.1 Å². The number of nitrogens with zero attached hydrogens (tertiary/aromatic N) is 2. The van der Waals surface area contributed by atoms with Crippen molar-refractivity contribution in [2.24, 2.45) is 0 Å². The fourth-order valence-corrected chi connectivity index (χ4v) is 6.89. The van der Waals surface area contributed by atoms with Gasteiger partial charge >= 0.3 is 5.97 Å². The Bertz CT molecular complexity index is 1300. The highest BCUT2D eigenvalue weighted by atomic mass is 32.2. The molecule has 1 fully saturated rings. The van der Waals surface area contributed by atoms with Crippen LogP contribution in [0, 0.1) is 6.92 Å². The lowest BCUT2D eigenvalue weighted by Crippen LogP contribution is -2.51. The molecule has 0 unspecified atom stereocenters. The summed E-state index contributed by atoms with van der Waals surface area (Å²) in [5.41, 5.74) is 2.23. The van der Waals surface area contributed by atoms with Crippen LogP contribution in [0.1, 0.15) is 22.2 Å². The van der Waals surface area contributed by atoms with Gasteiger partial charge in [-0.2, -0.15) is 4.31 Å². The number of hydrogen-bond acceptors (Lipinski definition) is 6. The van der Waals surface area contributed by atoms with Gasteiger partial charge in [0.15, 0.2) is 5.11 Å². The number of thiophene rings is 1. The monoisotopic (exact) mass is 529 g/mol. The SMILES string of the molecule is CCOC(=O)c1c(NC(=S)N2CCN(S(=O)(=O)c3ccccc3)CC2)sc(C)c1-c1ccccc1. The third kappa shape index (κ3) is 5.40. The van der Waals surface area contributed by atoms with E-state index in [1.165, 1.54) is 15.6 Å². The lowest BCUT2D eigenvalue weighted by Gasteiger charge is -2.35. The first-order chi connectivity index (χ1) is 16.8. The van der Waals surface area contributed by atoms with Gasteiger partial charge in [0, 0.05) is 36.6 Å². The second-order valence-electron chi connectivity index (χ2n) is 7.96. The number of aryl methyl sites for hydroxylation is 1. The van der Waals surface area contributed by atoms with Gasteiger partial charge in [0.2, 0.25) is 10.0 Å². The van der Waals surface area contributed by atoms with Crippen LogP contribution >= 0.6 is 23.6 Å². The van der Waals surface area contributed by atoms with Gasteiger partial charge in [0.1, 0.15) is 10.6 Å². The minimum Gasteiger partial charge on any atom is -0.462 e. The lowest BCUT2D eigenvalue weighted by atomic mass is 10.0. The highest BCUT2D eigenvalue weighted by Crippen LogP contribution is 2.40. The number of anilines is 1. The molecule has 1 aromatic heterocycles. The van der Waals surface area contributed by atoms with Crippen LogP contribution in [0.4, 0.5) is 5.00 Å². The molecule has 1 N–H and O–H groups in total. The van der Waals surface area contributed by atoms with Gasteiger partial charge in [-0.3, -0.25) is 0 Å². The molecule has 1 aliphatic rings. The molecule has 0 aliphatic carbocycles. The number of carbonyl (C=O) groups excluding carboxylic acids is 1. The Morgan fingerprint density at radius 3 is 2.23 bits per heavy atom. The molecular weight excluding hydrogens is 502 g/mol. The standard InChI is InChI=1S/C25H27N3O4S3/c1-3-32-24(29)22-21(19-10-6-4-7-11-19)18(2)34-23(22)26-25(33)27-14-16-28(17-15-27)35(30,31)20-12-8-5-9-13-20/h4-13H,3,14-17H2,1-2H3,(H,26,33). The Hall–Kier alpha value is -2.79. The number of esters is 1. The molecule has 0 bridgehead atoms. The van der Waals surface area contributed by atoms with Crippen molar-refractivity contribution in [1.29, 1.82) is 0 Å². The van der Waals surface area contributed by atoms with Crippen molar-refractivity contribution in [3.05, 3.63) is 71.1 Å². The first-order valence-corrected chi connectivity index (χ1v) is 14.0. The van der Waals surface area contributed by atoms with Crippen molar-refractivity contribution in [3.63, 3.8) is 0 Å². The van der Waals surface area contributed by atoms with E-state index < -0.39 is 16.0 Å². The van der Waals surface area contributed by atoms with Crippen LogP contribution in [0.2, 0.25) is 0 Å². The average molecular weight is 530 g/mol. The molecule has 7 nitrogen and oxygen atoms in total. The largest absolute Gasteiger partial charge is 0.462 e. The lowest BCUT2D eigenvalue weighted by molar-refractivity contribution is 0.0529. The molecule has 35 heavy (non-hydrogen) atoms. The van der Waals surface area contributed by atoms with Crippen molar-refractivity contribution >= 4 is 49.7 Å². The second kappa shape index (κ2) is 10.9. The first kappa shape index (κ1) is 25.3. The van der Waals surface area contributed by atoms with Crippen molar-refractivity contribution in [2.45, 2.75) is 18.7 Å². The Labute approximate surface area is 215 Å². The van der Waals surface area contributed by atoms with E-state index in [4.69, 9.17) is 17.0 Å². The summed E-state index contributed by atoms with van der Waals surface area (Å²) < 4.78 is 32.7. The van der Waals surface area contributed by atoms with Gasteiger partial charge in [-0.05, 0) is 43.8 Å². The summed E-state index contributed by atoms with van der Waals surface area (Å²) >= 11 is 7.11. The van der Waals surface area contributed by atoms with E-state index in [0.717, 1.165) is 16.0 Å². The topological polar surface area (TPSA) is 79.0 Å². The van der Waals surface area contributed by atoms with E-state index in [1.807, 2.05) is 42.2 Å². The summed E-state index contributed by atoms with van der Waals surface area (Å²) in [6.45, 7) is 5.55. The number of piperazine rings is 1. The minimum absolute atomic E-state index is 0.268. The van der Waals surface area contributed by atoms with E-state index in [9.17, 15) is 13.2 Å². The predicted molar refractivity (Wildman–Crippen MR) is 143 cm³/mol. The number of carbonyl (C=O) groups is 1. The van der Waals surface area contributed by atoms with Gasteiger partial charge in [-0.25, -0.2) is 13.2 Å². The molecule has 0 atom stereocenters. The fourth-order valence-electron chi connectivity index (χ4n) is 4.03. The number of rotatable bonds is 6. The number of ether oxygens (including phenoxy) is 1. The molecule has 2 heterocycles. The van der Waals surface area contributed by atoms with Crippen LogP contribution in [0.3, 0.4) is 0 Å². The highest BCUT2D eigenvalue weighted by Gasteiger charge is 2.30. The molecule has 2 aromatic carbocycles. The summed E-state index contributed by atoms with van der Waals surface area (Å²) in [5.74, 6) is -0.403. The van der Waals surface area contributed by atoms with Crippen LogP contribution in [0.25, 0.3) is 11.1 Å². The van der Waals surface area contributed by atoms with Gasteiger partial charge < -0.3 is 15.0 Å². The van der Waals surface area contributed by atoms with Crippen LogP contribution in [-0.2, 0) is 14.8 Å². The van der Waals surface area contributed by atoms with E-state index in [0.29, 0.717) is 41.9 Å². The molecule has 184 valence electrons. The molecule has 3 aromatic rings. The predicted octanol–water partition coefficient (Wildman–Crippen LogP) is 4.60. The fraction of sp³-hybridized carbons (Fsp3) is 0.280. The third-order valence-corrected chi connectivity index (χ3v) is 9.05. The molecule has 0 amide bonds. The molecular formula is C25H27N3O4S3. The molecule has 4 rings (SSSR count). The van der Waals surface area contributed by atoms with E-state index >= 15 is 0 Å².